The first kappa shape index (κ1) is 23.9. The lowest BCUT2D eigenvalue weighted by atomic mass is 10.1. The Bertz CT molecular complexity index is 1300. The lowest BCUT2D eigenvalue weighted by Gasteiger charge is -2.37. The lowest BCUT2D eigenvalue weighted by molar-refractivity contribution is -0.131. The van der Waals surface area contributed by atoms with Gasteiger partial charge in [0.05, 0.1) is 17.3 Å². The summed E-state index contributed by atoms with van der Waals surface area (Å²) >= 11 is 3.48. The number of rotatable bonds is 5. The predicted molar refractivity (Wildman–Crippen MR) is 143 cm³/mol. The Morgan fingerprint density at radius 3 is 2.44 bits per heavy atom. The maximum absolute atomic E-state index is 13.5. The molecule has 8 heteroatoms. The average molecular weight is 548 g/mol. The Morgan fingerprint density at radius 1 is 1.00 bits per heavy atom. The van der Waals surface area contributed by atoms with Gasteiger partial charge in [0.2, 0.25) is 5.91 Å². The second-order valence-corrected chi connectivity index (χ2v) is 9.42. The number of halogens is 1. The van der Waals surface area contributed by atoms with Gasteiger partial charge in [-0.1, -0.05) is 36.4 Å². The van der Waals surface area contributed by atoms with Gasteiger partial charge in [0, 0.05) is 31.9 Å². The number of carbonyl (C=O) groups excluding carboxylic acids is 2. The van der Waals surface area contributed by atoms with Crippen molar-refractivity contribution in [3.05, 3.63) is 88.6 Å². The number of methoxy groups -OCH3 is 1. The van der Waals surface area contributed by atoms with Crippen molar-refractivity contribution in [1.82, 2.24) is 4.90 Å². The third-order valence-corrected chi connectivity index (χ3v) is 6.97. The highest BCUT2D eigenvalue weighted by Crippen LogP contribution is 2.36. The van der Waals surface area contributed by atoms with Crippen molar-refractivity contribution in [1.29, 1.82) is 0 Å². The van der Waals surface area contributed by atoms with Crippen LogP contribution in [0.15, 0.2) is 83.0 Å². The SMILES string of the molecule is COc1ccc(C=C2Oc3ccccc3N(CC(=O)N3CCN(c4ccccc4)CC3)C2=O)cc1Br. The number of piperazine rings is 1. The third-order valence-electron chi connectivity index (χ3n) is 6.35. The predicted octanol–water partition coefficient (Wildman–Crippen LogP) is 4.57. The van der Waals surface area contributed by atoms with Gasteiger partial charge < -0.3 is 19.3 Å². The highest BCUT2D eigenvalue weighted by Gasteiger charge is 2.33. The van der Waals surface area contributed by atoms with Crippen molar-refractivity contribution in [2.75, 3.05) is 49.6 Å². The van der Waals surface area contributed by atoms with E-state index in [4.69, 9.17) is 9.47 Å². The standard InChI is InChI=1S/C28H26BrN3O4/c1-35-24-12-11-20(17-22(24)29)18-26-28(34)32(23-9-5-6-10-25(23)36-26)19-27(33)31-15-13-30(14-16-31)21-7-3-2-4-8-21/h2-12,17-18H,13-16,19H2,1H3. The zero-order chi connectivity index (χ0) is 25.1. The van der Waals surface area contributed by atoms with Gasteiger partial charge >= 0.3 is 0 Å². The summed E-state index contributed by atoms with van der Waals surface area (Å²) < 4.78 is 12.0. The Morgan fingerprint density at radius 2 is 1.72 bits per heavy atom. The Balaban J connectivity index is 1.33. The molecule has 2 aliphatic heterocycles. The molecular weight excluding hydrogens is 522 g/mol. The average Bonchev–Trinajstić information content (AvgIpc) is 2.91. The van der Waals surface area contributed by atoms with Crippen molar-refractivity contribution in [3.8, 4) is 11.5 Å². The van der Waals surface area contributed by atoms with E-state index >= 15 is 0 Å². The van der Waals surface area contributed by atoms with E-state index in [0.717, 1.165) is 28.8 Å². The summed E-state index contributed by atoms with van der Waals surface area (Å²) in [7, 11) is 1.60. The molecule has 184 valence electrons. The zero-order valence-corrected chi connectivity index (χ0v) is 21.5. The second-order valence-electron chi connectivity index (χ2n) is 8.57. The number of amides is 2. The summed E-state index contributed by atoms with van der Waals surface area (Å²) in [6, 6.07) is 23.0. The number of benzene rings is 3. The van der Waals surface area contributed by atoms with Crippen LogP contribution in [-0.4, -0.2) is 56.5 Å². The van der Waals surface area contributed by atoms with Gasteiger partial charge in [0.1, 0.15) is 12.3 Å². The molecule has 0 N–H and O–H groups in total. The minimum absolute atomic E-state index is 0.0474. The molecule has 0 bridgehead atoms. The molecule has 0 aromatic heterocycles. The molecule has 1 saturated heterocycles. The topological polar surface area (TPSA) is 62.3 Å². The summed E-state index contributed by atoms with van der Waals surface area (Å²) in [5.41, 5.74) is 2.52. The van der Waals surface area contributed by atoms with Crippen LogP contribution in [0, 0.1) is 0 Å². The third kappa shape index (κ3) is 4.95. The van der Waals surface area contributed by atoms with Gasteiger partial charge in [0.25, 0.3) is 5.91 Å². The van der Waals surface area contributed by atoms with E-state index in [2.05, 4.69) is 33.0 Å². The van der Waals surface area contributed by atoms with Crippen LogP contribution in [-0.2, 0) is 9.59 Å². The van der Waals surface area contributed by atoms with Crippen LogP contribution in [0.2, 0.25) is 0 Å². The summed E-state index contributed by atoms with van der Waals surface area (Å²) in [4.78, 5) is 32.4. The van der Waals surface area contributed by atoms with E-state index < -0.39 is 0 Å². The quantitative estimate of drug-likeness (QED) is 0.438. The number of nitrogens with zero attached hydrogens (tertiary/aromatic N) is 3. The molecule has 0 radical (unpaired) electrons. The molecule has 7 nitrogen and oxygen atoms in total. The number of hydrogen-bond acceptors (Lipinski definition) is 5. The van der Waals surface area contributed by atoms with Gasteiger partial charge in [-0.3, -0.25) is 14.5 Å². The minimum Gasteiger partial charge on any atom is -0.496 e. The highest BCUT2D eigenvalue weighted by atomic mass is 79.9. The Hall–Kier alpha value is -3.78. The van der Waals surface area contributed by atoms with E-state index in [9.17, 15) is 9.59 Å². The fraction of sp³-hybridized carbons (Fsp3) is 0.214. The number of hydrogen-bond donors (Lipinski definition) is 0. The van der Waals surface area contributed by atoms with Crippen LogP contribution in [0.3, 0.4) is 0 Å². The first-order valence-electron chi connectivity index (χ1n) is 11.8. The van der Waals surface area contributed by atoms with Crippen molar-refractivity contribution in [2.45, 2.75) is 0 Å². The molecule has 0 atom stereocenters. The first-order valence-corrected chi connectivity index (χ1v) is 12.5. The molecule has 0 aliphatic carbocycles. The largest absolute Gasteiger partial charge is 0.496 e. The van der Waals surface area contributed by atoms with E-state index in [-0.39, 0.29) is 24.1 Å². The monoisotopic (exact) mass is 547 g/mol. The summed E-state index contributed by atoms with van der Waals surface area (Å²) in [6.45, 7) is 2.67. The van der Waals surface area contributed by atoms with Crippen LogP contribution >= 0.6 is 15.9 Å². The summed E-state index contributed by atoms with van der Waals surface area (Å²) in [5, 5.41) is 0. The molecule has 2 aliphatic rings. The van der Waals surface area contributed by atoms with Crippen molar-refractivity contribution < 1.29 is 19.1 Å². The number of para-hydroxylation sites is 3. The maximum atomic E-state index is 13.5. The zero-order valence-electron chi connectivity index (χ0n) is 19.9. The molecule has 5 rings (SSSR count). The minimum atomic E-state index is -0.350. The Labute approximate surface area is 218 Å². The van der Waals surface area contributed by atoms with E-state index in [1.807, 2.05) is 53.4 Å². The molecule has 2 heterocycles. The fourth-order valence-corrected chi connectivity index (χ4v) is 4.99. The van der Waals surface area contributed by atoms with Gasteiger partial charge in [-0.15, -0.1) is 0 Å². The number of ether oxygens (including phenoxy) is 2. The van der Waals surface area contributed by atoms with Crippen LogP contribution in [0.1, 0.15) is 5.56 Å². The molecule has 0 spiro atoms. The number of carbonyl (C=O) groups is 2. The van der Waals surface area contributed by atoms with Gasteiger partial charge in [0.15, 0.2) is 11.5 Å². The van der Waals surface area contributed by atoms with E-state index in [1.165, 1.54) is 4.90 Å². The maximum Gasteiger partial charge on any atom is 0.294 e. The Kier molecular flexibility index (Phi) is 6.95. The van der Waals surface area contributed by atoms with Gasteiger partial charge in [-0.25, -0.2) is 0 Å². The molecule has 0 unspecified atom stereocenters. The number of fused-ring (bicyclic) bond motifs is 1. The van der Waals surface area contributed by atoms with Crippen LogP contribution < -0.4 is 19.3 Å². The molecule has 36 heavy (non-hydrogen) atoms. The lowest BCUT2D eigenvalue weighted by Crippen LogP contribution is -2.52. The molecule has 2 amide bonds. The smallest absolute Gasteiger partial charge is 0.294 e. The normalized spacial score (nSPS) is 16.6. The van der Waals surface area contributed by atoms with Gasteiger partial charge in [-0.05, 0) is 64.0 Å². The van der Waals surface area contributed by atoms with Crippen LogP contribution in [0.25, 0.3) is 6.08 Å². The van der Waals surface area contributed by atoms with Crippen molar-refractivity contribution in [2.24, 2.45) is 0 Å². The van der Waals surface area contributed by atoms with E-state index in [0.29, 0.717) is 30.3 Å². The van der Waals surface area contributed by atoms with Crippen molar-refractivity contribution >= 4 is 45.2 Å². The highest BCUT2D eigenvalue weighted by molar-refractivity contribution is 9.10. The fourth-order valence-electron chi connectivity index (χ4n) is 4.43. The summed E-state index contributed by atoms with van der Waals surface area (Å²) in [6.07, 6.45) is 1.68. The summed E-state index contributed by atoms with van der Waals surface area (Å²) in [5.74, 6) is 0.958. The molecule has 0 saturated carbocycles. The molecule has 1 fully saturated rings. The van der Waals surface area contributed by atoms with Gasteiger partial charge in [-0.2, -0.15) is 0 Å². The number of anilines is 2. The first-order chi connectivity index (χ1) is 17.5. The van der Waals surface area contributed by atoms with Crippen LogP contribution in [0.4, 0.5) is 11.4 Å². The molecular formula is C28H26BrN3O4. The van der Waals surface area contributed by atoms with E-state index in [1.54, 1.807) is 25.3 Å². The molecule has 3 aromatic rings. The second kappa shape index (κ2) is 10.5. The van der Waals surface area contributed by atoms with Crippen LogP contribution in [0.5, 0.6) is 11.5 Å². The molecule has 3 aromatic carbocycles. The van der Waals surface area contributed by atoms with Crippen molar-refractivity contribution in [3.63, 3.8) is 0 Å².